The lowest BCUT2D eigenvalue weighted by Gasteiger charge is -2.21. The van der Waals surface area contributed by atoms with Crippen molar-refractivity contribution in [1.82, 2.24) is 10.2 Å². The van der Waals surface area contributed by atoms with Gasteiger partial charge in [0, 0.05) is 11.9 Å². The van der Waals surface area contributed by atoms with Crippen LogP contribution in [0.4, 0.5) is 5.69 Å². The zero-order chi connectivity index (χ0) is 12.5. The van der Waals surface area contributed by atoms with Gasteiger partial charge in [0.2, 0.25) is 0 Å². The van der Waals surface area contributed by atoms with Gasteiger partial charge in [-0.3, -0.25) is 0 Å². The van der Waals surface area contributed by atoms with Crippen molar-refractivity contribution >= 4 is 17.3 Å². The molecule has 3 nitrogen and oxygen atoms in total. The third-order valence-corrected chi connectivity index (χ3v) is 3.60. The summed E-state index contributed by atoms with van der Waals surface area (Å²) in [6.07, 6.45) is 3.67. The molecule has 18 heavy (non-hydrogen) atoms. The average Bonchev–Trinajstić information content (AvgIpc) is 2.37. The number of benzene rings is 1. The van der Waals surface area contributed by atoms with Gasteiger partial charge in [-0.2, -0.15) is 10.2 Å². The van der Waals surface area contributed by atoms with Crippen molar-refractivity contribution in [3.05, 3.63) is 52.8 Å². The second-order valence-electron chi connectivity index (χ2n) is 4.61. The first kappa shape index (κ1) is 11.5. The summed E-state index contributed by atoms with van der Waals surface area (Å²) < 4.78 is 0. The van der Waals surface area contributed by atoms with Gasteiger partial charge >= 0.3 is 0 Å². The molecule has 92 valence electrons. The number of nitrogens with one attached hydrogen (secondary N) is 1. The molecular formula is C14H14ClN3. The Morgan fingerprint density at radius 3 is 2.94 bits per heavy atom. The third-order valence-electron chi connectivity index (χ3n) is 3.28. The lowest BCUT2D eigenvalue weighted by molar-refractivity contribution is 0.824. The van der Waals surface area contributed by atoms with Crippen molar-refractivity contribution in [3.63, 3.8) is 0 Å². The van der Waals surface area contributed by atoms with Crippen LogP contribution < -0.4 is 5.32 Å². The van der Waals surface area contributed by atoms with Crippen LogP contribution in [0.25, 0.3) is 0 Å². The molecule has 0 bridgehead atoms. The standard InChI is InChI=1S/C14H14ClN3/c1-9-2-5-12-11(8-9)4-3-10-6-7-16-18-13(10)14(15)17-12/h2,5-8,14,17H,3-4H2,1H3. The van der Waals surface area contributed by atoms with E-state index in [2.05, 4.69) is 40.6 Å². The maximum Gasteiger partial charge on any atom is 0.146 e. The van der Waals surface area contributed by atoms with E-state index in [1.54, 1.807) is 6.20 Å². The van der Waals surface area contributed by atoms with E-state index in [1.165, 1.54) is 16.7 Å². The van der Waals surface area contributed by atoms with E-state index in [9.17, 15) is 0 Å². The number of aryl methyl sites for hydroxylation is 3. The summed E-state index contributed by atoms with van der Waals surface area (Å²) in [6, 6.07) is 8.39. The number of anilines is 1. The molecule has 1 aromatic heterocycles. The molecule has 1 aliphatic heterocycles. The summed E-state index contributed by atoms with van der Waals surface area (Å²) in [5.74, 6) is 0. The fourth-order valence-corrected chi connectivity index (χ4v) is 2.64. The molecule has 0 aliphatic carbocycles. The number of hydrogen-bond acceptors (Lipinski definition) is 3. The van der Waals surface area contributed by atoms with Crippen LogP contribution in [0.3, 0.4) is 0 Å². The van der Waals surface area contributed by atoms with Crippen molar-refractivity contribution in [1.29, 1.82) is 0 Å². The molecule has 0 saturated heterocycles. The number of halogens is 1. The highest BCUT2D eigenvalue weighted by Crippen LogP contribution is 2.30. The molecule has 4 heteroatoms. The highest BCUT2D eigenvalue weighted by Gasteiger charge is 2.19. The average molecular weight is 260 g/mol. The zero-order valence-corrected chi connectivity index (χ0v) is 10.9. The largest absolute Gasteiger partial charge is 0.364 e. The lowest BCUT2D eigenvalue weighted by Crippen LogP contribution is -2.15. The topological polar surface area (TPSA) is 37.8 Å². The molecule has 2 aromatic rings. The molecule has 1 aliphatic rings. The monoisotopic (exact) mass is 259 g/mol. The molecule has 1 aromatic carbocycles. The van der Waals surface area contributed by atoms with E-state index < -0.39 is 0 Å². The first-order valence-electron chi connectivity index (χ1n) is 6.04. The Morgan fingerprint density at radius 1 is 1.22 bits per heavy atom. The molecule has 1 N–H and O–H groups in total. The molecule has 0 fully saturated rings. The Hall–Kier alpha value is -1.61. The minimum Gasteiger partial charge on any atom is -0.364 e. The highest BCUT2D eigenvalue weighted by molar-refractivity contribution is 6.21. The fourth-order valence-electron chi connectivity index (χ4n) is 2.34. The maximum atomic E-state index is 6.38. The Labute approximate surface area is 111 Å². The van der Waals surface area contributed by atoms with Crippen LogP contribution in [0.1, 0.15) is 27.9 Å². The Kier molecular flexibility index (Phi) is 2.92. The SMILES string of the molecule is Cc1ccc2c(c1)CCc1ccnnc1C(Cl)N2. The summed E-state index contributed by atoms with van der Waals surface area (Å²) in [4.78, 5) is 0. The van der Waals surface area contributed by atoms with Crippen LogP contribution in [0.15, 0.2) is 30.5 Å². The van der Waals surface area contributed by atoms with Gasteiger partial charge in [-0.15, -0.1) is 0 Å². The van der Waals surface area contributed by atoms with Crippen LogP contribution in [-0.4, -0.2) is 10.2 Å². The molecular weight excluding hydrogens is 246 g/mol. The summed E-state index contributed by atoms with van der Waals surface area (Å²) in [5.41, 5.74) is 5.36. The smallest absolute Gasteiger partial charge is 0.146 e. The van der Waals surface area contributed by atoms with Crippen molar-refractivity contribution in [3.8, 4) is 0 Å². The van der Waals surface area contributed by atoms with Crippen LogP contribution in [-0.2, 0) is 12.8 Å². The van der Waals surface area contributed by atoms with Gasteiger partial charge < -0.3 is 5.32 Å². The fraction of sp³-hybridized carbons (Fsp3) is 0.286. The van der Waals surface area contributed by atoms with E-state index in [1.807, 2.05) is 6.07 Å². The van der Waals surface area contributed by atoms with Gasteiger partial charge in [0.25, 0.3) is 0 Å². The van der Waals surface area contributed by atoms with Gasteiger partial charge in [-0.25, -0.2) is 0 Å². The number of aromatic nitrogens is 2. The normalized spacial score (nSPS) is 18.0. The van der Waals surface area contributed by atoms with Gasteiger partial charge in [0.05, 0.1) is 0 Å². The number of nitrogens with zero attached hydrogens (tertiary/aromatic N) is 2. The molecule has 0 radical (unpaired) electrons. The number of alkyl halides is 1. The van der Waals surface area contributed by atoms with E-state index in [4.69, 9.17) is 11.6 Å². The summed E-state index contributed by atoms with van der Waals surface area (Å²) in [5, 5.41) is 11.4. The van der Waals surface area contributed by atoms with Crippen LogP contribution in [0.5, 0.6) is 0 Å². The summed E-state index contributed by atoms with van der Waals surface area (Å²) in [6.45, 7) is 2.11. The van der Waals surface area contributed by atoms with Gasteiger partial charge in [-0.1, -0.05) is 29.3 Å². The van der Waals surface area contributed by atoms with E-state index in [-0.39, 0.29) is 5.50 Å². The maximum absolute atomic E-state index is 6.38. The number of rotatable bonds is 0. The molecule has 1 atom stereocenters. The third kappa shape index (κ3) is 2.06. The molecule has 1 unspecified atom stereocenters. The van der Waals surface area contributed by atoms with Crippen LogP contribution >= 0.6 is 11.6 Å². The predicted octanol–water partition coefficient (Wildman–Crippen LogP) is 3.23. The van der Waals surface area contributed by atoms with Gasteiger partial charge in [-0.05, 0) is 43.0 Å². The van der Waals surface area contributed by atoms with Crippen molar-refractivity contribution in [2.75, 3.05) is 5.32 Å². The Morgan fingerprint density at radius 2 is 2.06 bits per heavy atom. The Balaban J connectivity index is 2.03. The lowest BCUT2D eigenvalue weighted by atomic mass is 9.98. The Bertz CT molecular complexity index is 583. The number of fused-ring (bicyclic) bond motifs is 2. The van der Waals surface area contributed by atoms with Crippen molar-refractivity contribution < 1.29 is 0 Å². The quantitative estimate of drug-likeness (QED) is 0.583. The highest BCUT2D eigenvalue weighted by atomic mass is 35.5. The van der Waals surface area contributed by atoms with E-state index in [0.29, 0.717) is 0 Å². The molecule has 0 saturated carbocycles. The summed E-state index contributed by atoms with van der Waals surface area (Å²) in [7, 11) is 0. The van der Waals surface area contributed by atoms with Crippen molar-refractivity contribution in [2.45, 2.75) is 25.3 Å². The van der Waals surface area contributed by atoms with E-state index in [0.717, 1.165) is 24.2 Å². The molecule has 0 amide bonds. The zero-order valence-electron chi connectivity index (χ0n) is 10.2. The van der Waals surface area contributed by atoms with Crippen LogP contribution in [0, 0.1) is 6.92 Å². The van der Waals surface area contributed by atoms with Gasteiger partial charge in [0.1, 0.15) is 11.2 Å². The van der Waals surface area contributed by atoms with Crippen LogP contribution in [0.2, 0.25) is 0 Å². The summed E-state index contributed by atoms with van der Waals surface area (Å²) >= 11 is 6.38. The first-order valence-corrected chi connectivity index (χ1v) is 6.48. The minimum absolute atomic E-state index is 0.324. The molecule has 3 rings (SSSR count). The minimum atomic E-state index is -0.324. The van der Waals surface area contributed by atoms with Crippen molar-refractivity contribution in [2.24, 2.45) is 0 Å². The second-order valence-corrected chi connectivity index (χ2v) is 5.05. The first-order chi connectivity index (χ1) is 8.74. The molecule has 2 heterocycles. The van der Waals surface area contributed by atoms with E-state index >= 15 is 0 Å². The number of hydrogen-bond donors (Lipinski definition) is 1. The second kappa shape index (κ2) is 4.58. The molecule has 0 spiro atoms. The van der Waals surface area contributed by atoms with Gasteiger partial charge in [0.15, 0.2) is 0 Å². The predicted molar refractivity (Wildman–Crippen MR) is 72.8 cm³/mol.